The van der Waals surface area contributed by atoms with E-state index in [1.165, 1.54) is 6.92 Å². The number of aromatic hydroxyl groups is 1. The summed E-state index contributed by atoms with van der Waals surface area (Å²) in [6.07, 6.45) is 0. The molecule has 1 amide bonds. The maximum atomic E-state index is 11.7. The number of rotatable bonds is 1. The summed E-state index contributed by atoms with van der Waals surface area (Å²) >= 11 is 0. The summed E-state index contributed by atoms with van der Waals surface area (Å²) < 4.78 is 66.2. The van der Waals surface area contributed by atoms with Crippen molar-refractivity contribution in [1.82, 2.24) is 0 Å². The summed E-state index contributed by atoms with van der Waals surface area (Å²) in [6.45, 7) is 1.18. The van der Waals surface area contributed by atoms with Crippen molar-refractivity contribution >= 4 is 43.9 Å². The lowest BCUT2D eigenvalue weighted by molar-refractivity contribution is -0.114. The number of anilines is 1. The first-order chi connectivity index (χ1) is 13.5. The second kappa shape index (κ2) is 4.09. The molecule has 3 heteroatoms. The quantitative estimate of drug-likeness (QED) is 0.513. The third-order valence-electron chi connectivity index (χ3n) is 3.28. The van der Waals surface area contributed by atoms with Crippen molar-refractivity contribution in [3.8, 4) is 5.75 Å². The van der Waals surface area contributed by atoms with Crippen LogP contribution in [-0.2, 0) is 4.79 Å². The number of carbonyl (C=O) groups excluding carboxylic acids is 1. The lowest BCUT2D eigenvalue weighted by atomic mass is 9.93. The molecule has 0 spiro atoms. The fourth-order valence-electron chi connectivity index (χ4n) is 2.44. The van der Waals surface area contributed by atoms with Gasteiger partial charge in [0.2, 0.25) is 5.91 Å². The Bertz CT molecular complexity index is 1370. The maximum absolute atomic E-state index is 11.7. The zero-order valence-electron chi connectivity index (χ0n) is 18.9. The van der Waals surface area contributed by atoms with E-state index in [4.69, 9.17) is 11.0 Å². The second-order valence-electron chi connectivity index (χ2n) is 4.65. The van der Waals surface area contributed by atoms with E-state index in [1.807, 2.05) is 0 Å². The zero-order valence-corrected chi connectivity index (χ0v) is 10.9. The van der Waals surface area contributed by atoms with Crippen LogP contribution < -0.4 is 5.32 Å². The van der Waals surface area contributed by atoms with Crippen LogP contribution >= 0.6 is 0 Å². The summed E-state index contributed by atoms with van der Waals surface area (Å²) in [4.78, 5) is 11.7. The molecule has 0 fully saturated rings. The van der Waals surface area contributed by atoms with Crippen molar-refractivity contribution in [2.45, 2.75) is 6.92 Å². The Hall–Kier alpha value is -2.81. The first-order valence-corrected chi connectivity index (χ1v) is 6.18. The van der Waals surface area contributed by atoms with Crippen molar-refractivity contribution in [3.63, 3.8) is 0 Å². The normalized spacial score (nSPS) is 16.8. The minimum Gasteiger partial charge on any atom is -0.507 e. The summed E-state index contributed by atoms with van der Waals surface area (Å²) in [5.41, 5.74) is -0.185. The molecule has 4 rings (SSSR count). The van der Waals surface area contributed by atoms with Gasteiger partial charge in [-0.05, 0) is 28.2 Å². The molecule has 0 aliphatic rings. The van der Waals surface area contributed by atoms with Crippen LogP contribution in [0.2, 0.25) is 0 Å². The number of phenols is 1. The molecule has 0 saturated carbocycles. The Morgan fingerprint density at radius 3 is 2.24 bits per heavy atom. The monoisotopic (exact) mass is 283 g/mol. The Labute approximate surface area is 132 Å². The van der Waals surface area contributed by atoms with Gasteiger partial charge in [0.05, 0.1) is 11.0 Å². The molecule has 0 unspecified atom stereocenters. The molecule has 102 valence electrons. The molecule has 0 aliphatic carbocycles. The molecule has 4 aromatic rings. The number of nitrogens with one attached hydrogen (secondary N) is 1. The van der Waals surface area contributed by atoms with Gasteiger partial charge >= 0.3 is 0 Å². The van der Waals surface area contributed by atoms with E-state index >= 15 is 0 Å². The summed E-state index contributed by atoms with van der Waals surface area (Å²) in [5, 5.41) is 12.3. The zero-order chi connectivity index (χ0) is 21.5. The Kier molecular flexibility index (Phi) is 1.23. The average Bonchev–Trinajstić information content (AvgIpc) is 2.65. The summed E-state index contributed by atoms with van der Waals surface area (Å²) in [7, 11) is 0. The molecular weight excluding hydrogens is 262 g/mol. The summed E-state index contributed by atoms with van der Waals surface area (Å²) in [6, 6.07) is -3.99. The molecule has 2 N–H and O–H groups in total. The highest BCUT2D eigenvalue weighted by atomic mass is 16.3. The maximum Gasteiger partial charge on any atom is 0.221 e. The fourth-order valence-corrected chi connectivity index (χ4v) is 2.44. The average molecular weight is 283 g/mol. The molecule has 0 atom stereocenters. The van der Waals surface area contributed by atoms with Crippen molar-refractivity contribution < 1.29 is 20.9 Å². The van der Waals surface area contributed by atoms with Crippen LogP contribution in [0, 0.1) is 0 Å². The number of hydrogen-bond acceptors (Lipinski definition) is 2. The van der Waals surface area contributed by atoms with E-state index in [9.17, 15) is 9.90 Å². The van der Waals surface area contributed by atoms with Gasteiger partial charge < -0.3 is 10.4 Å². The van der Waals surface area contributed by atoms with Crippen molar-refractivity contribution in [2.24, 2.45) is 0 Å². The van der Waals surface area contributed by atoms with Gasteiger partial charge in [0.1, 0.15) is 5.75 Å². The van der Waals surface area contributed by atoms with Gasteiger partial charge in [-0.3, -0.25) is 4.79 Å². The summed E-state index contributed by atoms with van der Waals surface area (Å²) in [5.74, 6) is -1.27. The number of amides is 1. The predicted octanol–water partition coefficient (Wildman–Crippen LogP) is 4.25. The Morgan fingerprint density at radius 1 is 0.952 bits per heavy atom. The van der Waals surface area contributed by atoms with Crippen LogP contribution in [0.4, 0.5) is 5.69 Å². The number of carbonyl (C=O) groups is 1. The standard InChI is InChI=1S/C18H13NO2/c1-10(20)19-15-8-4-11-3-7-14-16(21)9-5-12-2-6-13(15)17(11)18(12)14/h2-9,21H,1H3,(H,19,20)/i2D,3D,4D,5D,6D,7D,8D,9D. The molecular formula is C18H13NO2. The van der Waals surface area contributed by atoms with Crippen LogP contribution in [0.3, 0.4) is 0 Å². The highest BCUT2D eigenvalue weighted by Gasteiger charge is 2.12. The molecule has 3 nitrogen and oxygen atoms in total. The van der Waals surface area contributed by atoms with E-state index in [2.05, 4.69) is 5.32 Å². The van der Waals surface area contributed by atoms with Gasteiger partial charge in [0.15, 0.2) is 0 Å². The van der Waals surface area contributed by atoms with Crippen LogP contribution in [0.15, 0.2) is 48.3 Å². The second-order valence-corrected chi connectivity index (χ2v) is 4.65. The van der Waals surface area contributed by atoms with E-state index < -0.39 is 60.0 Å². The Morgan fingerprint density at radius 2 is 1.52 bits per heavy atom. The topological polar surface area (TPSA) is 49.3 Å². The molecule has 0 aliphatic heterocycles. The van der Waals surface area contributed by atoms with Crippen LogP contribution in [0.25, 0.3) is 32.3 Å². The van der Waals surface area contributed by atoms with E-state index in [0.717, 1.165) is 0 Å². The molecule has 0 bridgehead atoms. The molecule has 0 aromatic heterocycles. The van der Waals surface area contributed by atoms with E-state index in [0.29, 0.717) is 0 Å². The molecule has 0 radical (unpaired) electrons. The fraction of sp³-hybridized carbons (Fsp3) is 0.0556. The largest absolute Gasteiger partial charge is 0.507 e. The lowest BCUT2D eigenvalue weighted by Crippen LogP contribution is -2.06. The van der Waals surface area contributed by atoms with Gasteiger partial charge in [-0.15, -0.1) is 0 Å². The minimum absolute atomic E-state index is 0.00407. The number of phenolic OH excluding ortho intramolecular Hbond substituents is 1. The van der Waals surface area contributed by atoms with Crippen molar-refractivity contribution in [2.75, 3.05) is 5.32 Å². The van der Waals surface area contributed by atoms with Gasteiger partial charge in [0.25, 0.3) is 0 Å². The number of benzene rings is 4. The molecule has 0 heterocycles. The smallest absolute Gasteiger partial charge is 0.221 e. The number of hydrogen-bond donors (Lipinski definition) is 2. The van der Waals surface area contributed by atoms with Gasteiger partial charge in [-0.1, -0.05) is 36.3 Å². The minimum atomic E-state index is -0.705. The lowest BCUT2D eigenvalue weighted by Gasteiger charge is -2.14. The van der Waals surface area contributed by atoms with E-state index in [1.54, 1.807) is 0 Å². The van der Waals surface area contributed by atoms with Crippen LogP contribution in [0.5, 0.6) is 5.75 Å². The van der Waals surface area contributed by atoms with Gasteiger partial charge in [0, 0.05) is 28.8 Å². The van der Waals surface area contributed by atoms with Crippen molar-refractivity contribution in [1.29, 1.82) is 0 Å². The SMILES string of the molecule is [2H]c1c([2H])c2c([2H])c([2H])c3c(NC(C)=O)c([2H])c([2H])c4c([2H])c([2H])c(c1O)c2c43. The highest BCUT2D eigenvalue weighted by Crippen LogP contribution is 2.40. The van der Waals surface area contributed by atoms with Crippen LogP contribution in [0.1, 0.15) is 17.9 Å². The van der Waals surface area contributed by atoms with Gasteiger partial charge in [-0.2, -0.15) is 0 Å². The van der Waals surface area contributed by atoms with Crippen molar-refractivity contribution in [3.05, 3.63) is 48.3 Å². The van der Waals surface area contributed by atoms with Gasteiger partial charge in [-0.25, -0.2) is 0 Å². The van der Waals surface area contributed by atoms with E-state index in [-0.39, 0.29) is 38.0 Å². The third-order valence-corrected chi connectivity index (χ3v) is 3.28. The first-order valence-electron chi connectivity index (χ1n) is 10.2. The third kappa shape index (κ3) is 1.64. The molecule has 4 aromatic carbocycles. The van der Waals surface area contributed by atoms with Crippen LogP contribution in [-0.4, -0.2) is 11.0 Å². The molecule has 21 heavy (non-hydrogen) atoms. The first kappa shape index (κ1) is 6.31. The molecule has 0 saturated heterocycles. The highest BCUT2D eigenvalue weighted by molar-refractivity contribution is 6.26. The Balaban J connectivity index is 2.54. The predicted molar refractivity (Wildman–Crippen MR) is 86.1 cm³/mol.